The maximum Gasteiger partial charge on any atom is 0.326 e. The van der Waals surface area contributed by atoms with Crippen LogP contribution in [-0.4, -0.2) is 36.7 Å². The minimum atomic E-state index is -0.445. The maximum absolute atomic E-state index is 12.7. The van der Waals surface area contributed by atoms with Crippen LogP contribution in [0.3, 0.4) is 0 Å². The number of hydrogen-bond donors (Lipinski definition) is 1. The van der Waals surface area contributed by atoms with Crippen LogP contribution in [0.2, 0.25) is 0 Å². The number of nitrogens with one attached hydrogen (secondary N) is 1. The molecule has 6 nitrogen and oxygen atoms in total. The number of esters is 1. The van der Waals surface area contributed by atoms with Gasteiger partial charge in [-0.2, -0.15) is 0 Å². The third-order valence-corrected chi connectivity index (χ3v) is 4.50. The molecule has 0 saturated heterocycles. The molecule has 27 heavy (non-hydrogen) atoms. The fourth-order valence-electron chi connectivity index (χ4n) is 2.33. The Bertz CT molecular complexity index is 778. The molecule has 7 heteroatoms. The molecule has 142 valence electrons. The van der Waals surface area contributed by atoms with Crippen LogP contribution in [0.15, 0.2) is 59.5 Å². The van der Waals surface area contributed by atoms with Crippen molar-refractivity contribution < 1.29 is 19.1 Å². The summed E-state index contributed by atoms with van der Waals surface area (Å²) in [6.45, 7) is 3.32. The average Bonchev–Trinajstić information content (AvgIpc) is 2.66. The highest BCUT2D eigenvalue weighted by Gasteiger charge is 2.19. The second kappa shape index (κ2) is 10.4. The summed E-state index contributed by atoms with van der Waals surface area (Å²) in [6.07, 6.45) is 0. The zero-order chi connectivity index (χ0) is 19.6. The number of amides is 2. The average molecular weight is 386 g/mol. The SMILES string of the molecule is CCOC(=O)CN(C(=O)CSc1ccc(NC(C)=O)cc1)c1ccccc1. The number of anilines is 2. The zero-order valence-electron chi connectivity index (χ0n) is 15.3. The summed E-state index contributed by atoms with van der Waals surface area (Å²) in [4.78, 5) is 38.0. The van der Waals surface area contributed by atoms with Crippen LogP contribution < -0.4 is 10.2 Å². The van der Waals surface area contributed by atoms with Crippen LogP contribution in [0.1, 0.15) is 13.8 Å². The molecule has 0 radical (unpaired) electrons. The van der Waals surface area contributed by atoms with Gasteiger partial charge in [0.05, 0.1) is 12.4 Å². The van der Waals surface area contributed by atoms with Crippen molar-refractivity contribution in [3.63, 3.8) is 0 Å². The largest absolute Gasteiger partial charge is 0.465 e. The van der Waals surface area contributed by atoms with E-state index in [1.54, 1.807) is 31.2 Å². The Balaban J connectivity index is 2.02. The van der Waals surface area contributed by atoms with Crippen molar-refractivity contribution in [3.8, 4) is 0 Å². The van der Waals surface area contributed by atoms with Crippen molar-refractivity contribution in [2.75, 3.05) is 29.1 Å². The highest BCUT2D eigenvalue weighted by Crippen LogP contribution is 2.22. The van der Waals surface area contributed by atoms with Gasteiger partial charge in [0.1, 0.15) is 6.54 Å². The van der Waals surface area contributed by atoms with Crippen LogP contribution in [0.25, 0.3) is 0 Å². The van der Waals surface area contributed by atoms with Gasteiger partial charge in [-0.15, -0.1) is 11.8 Å². The quantitative estimate of drug-likeness (QED) is 0.556. The number of benzene rings is 2. The molecule has 2 amide bonds. The van der Waals surface area contributed by atoms with E-state index < -0.39 is 5.97 Å². The number of nitrogens with zero attached hydrogens (tertiary/aromatic N) is 1. The first kappa shape index (κ1) is 20.5. The van der Waals surface area contributed by atoms with Crippen molar-refractivity contribution in [1.82, 2.24) is 0 Å². The second-order valence-corrected chi connectivity index (χ2v) is 6.66. The fourth-order valence-corrected chi connectivity index (χ4v) is 3.10. The third kappa shape index (κ3) is 6.79. The Labute approximate surface area is 162 Å². The van der Waals surface area contributed by atoms with E-state index in [-0.39, 0.29) is 30.7 Å². The molecule has 0 aliphatic carbocycles. The lowest BCUT2D eigenvalue weighted by molar-refractivity contribution is -0.142. The Hall–Kier alpha value is -2.80. The van der Waals surface area contributed by atoms with Crippen LogP contribution in [0, 0.1) is 0 Å². The Kier molecular flexibility index (Phi) is 7.88. The molecule has 1 N–H and O–H groups in total. The minimum absolute atomic E-state index is 0.126. The first-order chi connectivity index (χ1) is 13.0. The van der Waals surface area contributed by atoms with E-state index in [2.05, 4.69) is 5.32 Å². The van der Waals surface area contributed by atoms with Crippen molar-refractivity contribution in [2.45, 2.75) is 18.7 Å². The standard InChI is InChI=1S/C20H22N2O4S/c1-3-26-20(25)13-22(17-7-5-4-6-8-17)19(24)14-27-18-11-9-16(10-12-18)21-15(2)23/h4-12H,3,13-14H2,1-2H3,(H,21,23). The summed E-state index contributed by atoms with van der Waals surface area (Å²) >= 11 is 1.36. The van der Waals surface area contributed by atoms with E-state index in [1.807, 2.05) is 30.3 Å². The number of thioether (sulfide) groups is 1. The summed E-state index contributed by atoms with van der Waals surface area (Å²) in [6, 6.07) is 16.3. The Morgan fingerprint density at radius 3 is 2.30 bits per heavy atom. The van der Waals surface area contributed by atoms with Crippen LogP contribution in [0.4, 0.5) is 11.4 Å². The van der Waals surface area contributed by atoms with Crippen molar-refractivity contribution in [2.24, 2.45) is 0 Å². The van der Waals surface area contributed by atoms with Gasteiger partial charge in [-0.3, -0.25) is 14.4 Å². The van der Waals surface area contributed by atoms with Crippen molar-refractivity contribution in [1.29, 1.82) is 0 Å². The molecule has 0 heterocycles. The number of hydrogen-bond acceptors (Lipinski definition) is 5. The van der Waals surface area contributed by atoms with Crippen LogP contribution in [-0.2, 0) is 19.1 Å². The minimum Gasteiger partial charge on any atom is -0.465 e. The Morgan fingerprint density at radius 2 is 1.70 bits per heavy atom. The molecule has 0 unspecified atom stereocenters. The highest BCUT2D eigenvalue weighted by atomic mass is 32.2. The van der Waals surface area contributed by atoms with E-state index in [0.717, 1.165) is 4.90 Å². The molecule has 2 aromatic carbocycles. The van der Waals surface area contributed by atoms with Gasteiger partial charge in [-0.25, -0.2) is 0 Å². The zero-order valence-corrected chi connectivity index (χ0v) is 16.1. The van der Waals surface area contributed by atoms with E-state index in [9.17, 15) is 14.4 Å². The molecular formula is C20H22N2O4S. The number of para-hydroxylation sites is 1. The molecule has 2 rings (SSSR count). The number of carbonyl (C=O) groups excluding carboxylic acids is 3. The highest BCUT2D eigenvalue weighted by molar-refractivity contribution is 8.00. The van der Waals surface area contributed by atoms with Gasteiger partial charge in [-0.1, -0.05) is 18.2 Å². The summed E-state index contributed by atoms with van der Waals surface area (Å²) < 4.78 is 4.98. The lowest BCUT2D eigenvalue weighted by Crippen LogP contribution is -2.37. The molecule has 0 spiro atoms. The van der Waals surface area contributed by atoms with Crippen molar-refractivity contribution in [3.05, 3.63) is 54.6 Å². The lowest BCUT2D eigenvalue weighted by Gasteiger charge is -2.21. The molecule has 0 saturated carbocycles. The van der Waals surface area contributed by atoms with E-state index in [1.165, 1.54) is 23.6 Å². The monoisotopic (exact) mass is 386 g/mol. The van der Waals surface area contributed by atoms with E-state index in [0.29, 0.717) is 11.4 Å². The summed E-state index contributed by atoms with van der Waals surface area (Å²) in [5.74, 6) is -0.596. The molecular weight excluding hydrogens is 364 g/mol. The first-order valence-electron chi connectivity index (χ1n) is 8.51. The molecule has 0 aromatic heterocycles. The topological polar surface area (TPSA) is 75.7 Å². The smallest absolute Gasteiger partial charge is 0.326 e. The molecule has 0 bridgehead atoms. The molecule has 0 fully saturated rings. The van der Waals surface area contributed by atoms with Gasteiger partial charge in [0.25, 0.3) is 0 Å². The fraction of sp³-hybridized carbons (Fsp3) is 0.250. The van der Waals surface area contributed by atoms with E-state index in [4.69, 9.17) is 4.74 Å². The normalized spacial score (nSPS) is 10.1. The summed E-state index contributed by atoms with van der Waals surface area (Å²) in [7, 11) is 0. The predicted molar refractivity (Wildman–Crippen MR) is 107 cm³/mol. The van der Waals surface area contributed by atoms with Crippen LogP contribution in [0.5, 0.6) is 0 Å². The van der Waals surface area contributed by atoms with Gasteiger partial charge in [-0.05, 0) is 43.3 Å². The maximum atomic E-state index is 12.7. The molecule has 0 aliphatic rings. The van der Waals surface area contributed by atoms with Gasteiger partial charge in [0, 0.05) is 23.2 Å². The van der Waals surface area contributed by atoms with Crippen molar-refractivity contribution >= 4 is 40.9 Å². The molecule has 2 aromatic rings. The molecule has 0 aliphatic heterocycles. The third-order valence-electron chi connectivity index (χ3n) is 3.50. The van der Waals surface area contributed by atoms with Gasteiger partial charge >= 0.3 is 5.97 Å². The summed E-state index contributed by atoms with van der Waals surface area (Å²) in [5.41, 5.74) is 1.35. The number of ether oxygens (including phenoxy) is 1. The van der Waals surface area contributed by atoms with Crippen LogP contribution >= 0.6 is 11.8 Å². The predicted octanol–water partition coefficient (Wildman–Crippen LogP) is 3.33. The van der Waals surface area contributed by atoms with E-state index >= 15 is 0 Å². The number of carbonyl (C=O) groups is 3. The lowest BCUT2D eigenvalue weighted by atomic mass is 10.3. The first-order valence-corrected chi connectivity index (χ1v) is 9.49. The van der Waals surface area contributed by atoms with Gasteiger partial charge in [0.2, 0.25) is 11.8 Å². The van der Waals surface area contributed by atoms with Gasteiger partial charge < -0.3 is 15.0 Å². The number of rotatable bonds is 8. The second-order valence-electron chi connectivity index (χ2n) is 5.61. The Morgan fingerprint density at radius 1 is 1.04 bits per heavy atom. The summed E-state index contributed by atoms with van der Waals surface area (Å²) in [5, 5.41) is 2.70. The van der Waals surface area contributed by atoms with Gasteiger partial charge in [0.15, 0.2) is 0 Å². The molecule has 0 atom stereocenters.